The van der Waals surface area contributed by atoms with Crippen LogP contribution < -0.4 is 4.74 Å². The zero-order chi connectivity index (χ0) is 12.5. The Labute approximate surface area is 112 Å². The van der Waals surface area contributed by atoms with Crippen molar-refractivity contribution in [3.8, 4) is 5.75 Å². The standard InChI is InChI=1S/C13H15Cl2NO/c1-3-4-8-13(2)16-12(15)9-6-5-7-10(14)11(9)17-13/h5-7H,3-4,8H2,1-2H3. The summed E-state index contributed by atoms with van der Waals surface area (Å²) in [6.45, 7) is 4.08. The molecule has 0 fully saturated rings. The van der Waals surface area contributed by atoms with Crippen LogP contribution in [0, 0.1) is 0 Å². The minimum atomic E-state index is -0.592. The molecule has 0 saturated carbocycles. The molecule has 1 unspecified atom stereocenters. The van der Waals surface area contributed by atoms with Gasteiger partial charge in [-0.15, -0.1) is 0 Å². The lowest BCUT2D eigenvalue weighted by Crippen LogP contribution is -2.34. The summed E-state index contributed by atoms with van der Waals surface area (Å²) in [6.07, 6.45) is 2.98. The van der Waals surface area contributed by atoms with Gasteiger partial charge in [-0.3, -0.25) is 0 Å². The minimum Gasteiger partial charge on any atom is -0.464 e. The highest BCUT2D eigenvalue weighted by molar-refractivity contribution is 6.70. The number of benzene rings is 1. The van der Waals surface area contributed by atoms with Crippen molar-refractivity contribution in [3.05, 3.63) is 28.8 Å². The van der Waals surface area contributed by atoms with Crippen LogP contribution in [0.3, 0.4) is 0 Å². The van der Waals surface area contributed by atoms with Crippen LogP contribution in [0.5, 0.6) is 5.75 Å². The molecule has 0 aromatic heterocycles. The smallest absolute Gasteiger partial charge is 0.199 e. The second-order valence-corrected chi connectivity index (χ2v) is 5.16. The average Bonchev–Trinajstić information content (AvgIpc) is 2.28. The van der Waals surface area contributed by atoms with Crippen LogP contribution in [-0.2, 0) is 0 Å². The lowest BCUT2D eigenvalue weighted by molar-refractivity contribution is 0.0827. The molecular weight excluding hydrogens is 257 g/mol. The van der Waals surface area contributed by atoms with E-state index in [0.29, 0.717) is 15.9 Å². The van der Waals surface area contributed by atoms with Gasteiger partial charge in [0.1, 0.15) is 5.17 Å². The number of nitrogens with zero attached hydrogens (tertiary/aromatic N) is 1. The van der Waals surface area contributed by atoms with E-state index in [1.807, 2.05) is 19.1 Å². The summed E-state index contributed by atoms with van der Waals surface area (Å²) in [5.41, 5.74) is 0.179. The normalized spacial score (nSPS) is 22.7. The van der Waals surface area contributed by atoms with E-state index in [9.17, 15) is 0 Å². The van der Waals surface area contributed by atoms with Crippen molar-refractivity contribution in [1.29, 1.82) is 0 Å². The van der Waals surface area contributed by atoms with Gasteiger partial charge < -0.3 is 4.74 Å². The summed E-state index contributed by atoms with van der Waals surface area (Å²) in [6, 6.07) is 5.51. The Morgan fingerprint density at radius 2 is 2.12 bits per heavy atom. The maximum Gasteiger partial charge on any atom is 0.199 e. The van der Waals surface area contributed by atoms with Crippen molar-refractivity contribution in [2.75, 3.05) is 0 Å². The van der Waals surface area contributed by atoms with Gasteiger partial charge in [0.25, 0.3) is 0 Å². The minimum absolute atomic E-state index is 0.479. The molecule has 0 radical (unpaired) electrons. The number of rotatable bonds is 3. The Balaban J connectivity index is 2.36. The number of aliphatic imine (C=N–C) groups is 1. The molecule has 2 nitrogen and oxygen atoms in total. The molecule has 1 heterocycles. The fourth-order valence-corrected chi connectivity index (χ4v) is 2.44. The van der Waals surface area contributed by atoms with Gasteiger partial charge in [-0.2, -0.15) is 0 Å². The topological polar surface area (TPSA) is 21.6 Å². The SMILES string of the molecule is CCCCC1(C)N=C(Cl)c2cccc(Cl)c2O1. The van der Waals surface area contributed by atoms with E-state index in [4.69, 9.17) is 27.9 Å². The van der Waals surface area contributed by atoms with E-state index >= 15 is 0 Å². The highest BCUT2D eigenvalue weighted by Gasteiger charge is 2.32. The van der Waals surface area contributed by atoms with Gasteiger partial charge in [-0.25, -0.2) is 4.99 Å². The number of para-hydroxylation sites is 1. The quantitative estimate of drug-likeness (QED) is 0.786. The maximum atomic E-state index is 6.19. The van der Waals surface area contributed by atoms with E-state index in [1.165, 1.54) is 0 Å². The average molecular weight is 272 g/mol. The molecule has 0 spiro atoms. The Bertz CT molecular complexity index is 459. The van der Waals surface area contributed by atoms with E-state index in [1.54, 1.807) is 6.07 Å². The fraction of sp³-hybridized carbons (Fsp3) is 0.462. The Hall–Kier alpha value is -0.730. The largest absolute Gasteiger partial charge is 0.464 e. The molecule has 1 aliphatic rings. The monoisotopic (exact) mass is 271 g/mol. The van der Waals surface area contributed by atoms with Crippen LogP contribution in [0.25, 0.3) is 0 Å². The van der Waals surface area contributed by atoms with E-state index in [2.05, 4.69) is 11.9 Å². The highest BCUT2D eigenvalue weighted by Crippen LogP contribution is 2.38. The molecule has 0 saturated heterocycles. The zero-order valence-corrected chi connectivity index (χ0v) is 11.5. The fourth-order valence-electron chi connectivity index (χ4n) is 1.90. The molecule has 2 rings (SSSR count). The van der Waals surface area contributed by atoms with Gasteiger partial charge >= 0.3 is 0 Å². The number of unbranched alkanes of at least 4 members (excludes halogenated alkanes) is 1. The third-order valence-corrected chi connectivity index (χ3v) is 3.43. The molecule has 17 heavy (non-hydrogen) atoms. The maximum absolute atomic E-state index is 6.19. The number of hydrogen-bond acceptors (Lipinski definition) is 2. The molecule has 0 amide bonds. The molecule has 0 N–H and O–H groups in total. The zero-order valence-electron chi connectivity index (χ0n) is 9.96. The van der Waals surface area contributed by atoms with Crippen molar-refractivity contribution in [2.45, 2.75) is 38.8 Å². The van der Waals surface area contributed by atoms with Crippen LogP contribution in [0.4, 0.5) is 0 Å². The molecular formula is C13H15Cl2NO. The summed E-state index contributed by atoms with van der Waals surface area (Å²) in [5.74, 6) is 0.646. The Kier molecular flexibility index (Phi) is 3.64. The lowest BCUT2D eigenvalue weighted by atomic mass is 10.1. The summed E-state index contributed by atoms with van der Waals surface area (Å²) >= 11 is 12.3. The van der Waals surface area contributed by atoms with Crippen LogP contribution in [0.15, 0.2) is 23.2 Å². The van der Waals surface area contributed by atoms with Crippen LogP contribution >= 0.6 is 23.2 Å². The van der Waals surface area contributed by atoms with Gasteiger partial charge in [0.15, 0.2) is 11.5 Å². The van der Waals surface area contributed by atoms with Crippen LogP contribution in [0.2, 0.25) is 5.02 Å². The predicted molar refractivity (Wildman–Crippen MR) is 72.4 cm³/mol. The molecule has 1 atom stereocenters. The van der Waals surface area contributed by atoms with Crippen molar-refractivity contribution in [3.63, 3.8) is 0 Å². The molecule has 92 valence electrons. The summed E-state index contributed by atoms with van der Waals surface area (Å²) in [4.78, 5) is 4.44. The van der Waals surface area contributed by atoms with Gasteiger partial charge in [-0.05, 0) is 25.5 Å². The highest BCUT2D eigenvalue weighted by atomic mass is 35.5. The molecule has 0 bridgehead atoms. The molecule has 0 aliphatic carbocycles. The van der Waals surface area contributed by atoms with Crippen molar-refractivity contribution in [1.82, 2.24) is 0 Å². The van der Waals surface area contributed by atoms with E-state index in [-0.39, 0.29) is 0 Å². The van der Waals surface area contributed by atoms with Gasteiger partial charge in [-0.1, -0.05) is 42.6 Å². The Morgan fingerprint density at radius 1 is 1.35 bits per heavy atom. The number of ether oxygens (including phenoxy) is 1. The first kappa shape index (κ1) is 12.7. The molecule has 4 heteroatoms. The molecule has 1 aromatic carbocycles. The first-order chi connectivity index (χ1) is 8.06. The third-order valence-electron chi connectivity index (χ3n) is 2.84. The van der Waals surface area contributed by atoms with Crippen LogP contribution in [0.1, 0.15) is 38.7 Å². The third kappa shape index (κ3) is 2.58. The van der Waals surface area contributed by atoms with Gasteiger partial charge in [0.2, 0.25) is 0 Å². The number of hydrogen-bond donors (Lipinski definition) is 0. The van der Waals surface area contributed by atoms with E-state index in [0.717, 1.165) is 24.8 Å². The predicted octanol–water partition coefficient (Wildman–Crippen LogP) is 4.62. The van der Waals surface area contributed by atoms with Crippen molar-refractivity contribution in [2.24, 2.45) is 4.99 Å². The summed E-state index contributed by atoms with van der Waals surface area (Å²) in [5, 5.41) is 1.06. The lowest BCUT2D eigenvalue weighted by Gasteiger charge is -2.32. The molecule has 1 aromatic rings. The van der Waals surface area contributed by atoms with Crippen molar-refractivity contribution < 1.29 is 4.74 Å². The van der Waals surface area contributed by atoms with Gasteiger partial charge in [0.05, 0.1) is 10.6 Å². The van der Waals surface area contributed by atoms with Crippen molar-refractivity contribution >= 4 is 28.4 Å². The van der Waals surface area contributed by atoms with Gasteiger partial charge in [0, 0.05) is 6.42 Å². The van der Waals surface area contributed by atoms with E-state index < -0.39 is 5.72 Å². The summed E-state index contributed by atoms with van der Waals surface area (Å²) < 4.78 is 5.92. The second kappa shape index (κ2) is 4.87. The first-order valence-electron chi connectivity index (χ1n) is 5.79. The van der Waals surface area contributed by atoms with Crippen LogP contribution in [-0.4, -0.2) is 10.9 Å². The number of fused-ring (bicyclic) bond motifs is 1. The Morgan fingerprint density at radius 3 is 2.82 bits per heavy atom. The first-order valence-corrected chi connectivity index (χ1v) is 6.54. The molecule has 1 aliphatic heterocycles. The number of halogens is 2. The second-order valence-electron chi connectivity index (χ2n) is 4.40. The summed E-state index contributed by atoms with van der Waals surface area (Å²) in [7, 11) is 0.